The topological polar surface area (TPSA) is 131 Å². The van der Waals surface area contributed by atoms with Crippen LogP contribution in [0.1, 0.15) is 44.7 Å². The molecule has 0 aliphatic carbocycles. The zero-order chi connectivity index (χ0) is 27.9. The molecule has 0 saturated heterocycles. The van der Waals surface area contributed by atoms with Gasteiger partial charge in [-0.15, -0.1) is 0 Å². The van der Waals surface area contributed by atoms with Crippen LogP contribution in [0.15, 0.2) is 82.7 Å². The summed E-state index contributed by atoms with van der Waals surface area (Å²) < 4.78 is 23.9. The maximum Gasteiger partial charge on any atom is 0.322 e. The predicted molar refractivity (Wildman–Crippen MR) is 158 cm³/mol. The van der Waals surface area contributed by atoms with E-state index in [9.17, 15) is 13.2 Å². The predicted octanol–water partition coefficient (Wildman–Crippen LogP) is 5.28. The first-order chi connectivity index (χ1) is 18.0. The van der Waals surface area contributed by atoms with Crippen LogP contribution in [0.3, 0.4) is 0 Å². The Bertz CT molecular complexity index is 1440. The second-order valence-corrected chi connectivity index (χ2v) is 10.9. The van der Waals surface area contributed by atoms with Crippen molar-refractivity contribution >= 4 is 44.8 Å². The molecule has 200 valence electrons. The van der Waals surface area contributed by atoms with Crippen LogP contribution >= 0.6 is 12.2 Å². The van der Waals surface area contributed by atoms with Crippen molar-refractivity contribution < 1.29 is 13.2 Å². The Hall–Kier alpha value is -3.60. The highest BCUT2D eigenvalue weighted by Crippen LogP contribution is 2.28. The number of benzene rings is 3. The normalized spacial score (nSPS) is 12.6. The standard InChI is InChI=1S/C28H33N5O3S2/c1-4-19(3)33(18-20-9-8-10-22(17-20)27(29)32-26(37)5-2)28(34)31-23-15-13-21(14-16-23)24-11-6-7-12-25(24)38(30,35)36/h6-17,19H,4-5,18H2,1-3H3,(H,31,34)(H2,29,32,37)(H2,30,35,36). The van der Waals surface area contributed by atoms with Crippen molar-refractivity contribution in [2.75, 3.05) is 5.32 Å². The third kappa shape index (κ3) is 7.47. The lowest BCUT2D eigenvalue weighted by atomic mass is 10.1. The lowest BCUT2D eigenvalue weighted by Crippen LogP contribution is -2.40. The maximum atomic E-state index is 13.3. The summed E-state index contributed by atoms with van der Waals surface area (Å²) in [6.45, 7) is 6.32. The molecule has 0 spiro atoms. The van der Waals surface area contributed by atoms with E-state index in [1.807, 2.05) is 45.0 Å². The summed E-state index contributed by atoms with van der Waals surface area (Å²) in [6.07, 6.45) is 1.40. The maximum absolute atomic E-state index is 13.3. The molecule has 38 heavy (non-hydrogen) atoms. The average Bonchev–Trinajstić information content (AvgIpc) is 2.91. The van der Waals surface area contributed by atoms with Crippen molar-refractivity contribution in [1.29, 1.82) is 0 Å². The van der Waals surface area contributed by atoms with Crippen molar-refractivity contribution in [3.8, 4) is 11.1 Å². The molecule has 0 aliphatic heterocycles. The lowest BCUT2D eigenvalue weighted by molar-refractivity contribution is 0.187. The highest BCUT2D eigenvalue weighted by molar-refractivity contribution is 7.89. The quantitative estimate of drug-likeness (QED) is 0.189. The third-order valence-corrected chi connectivity index (χ3v) is 7.50. The molecule has 0 aromatic heterocycles. The zero-order valence-electron chi connectivity index (χ0n) is 21.7. The van der Waals surface area contributed by atoms with Gasteiger partial charge >= 0.3 is 6.03 Å². The van der Waals surface area contributed by atoms with Gasteiger partial charge in [-0.25, -0.2) is 23.3 Å². The second-order valence-electron chi connectivity index (χ2n) is 8.88. The minimum atomic E-state index is -3.88. The molecule has 3 aromatic rings. The molecule has 1 atom stereocenters. The van der Waals surface area contributed by atoms with Gasteiger partial charge in [0.05, 0.1) is 4.90 Å². The van der Waals surface area contributed by atoms with Gasteiger partial charge in [-0.1, -0.05) is 74.6 Å². The van der Waals surface area contributed by atoms with Crippen molar-refractivity contribution in [1.82, 2.24) is 4.90 Å². The molecule has 3 rings (SSSR count). The fraction of sp³-hybridized carbons (Fsp3) is 0.250. The number of primary sulfonamides is 1. The molecule has 0 fully saturated rings. The van der Waals surface area contributed by atoms with E-state index in [-0.39, 0.29) is 17.0 Å². The van der Waals surface area contributed by atoms with Gasteiger partial charge in [0.25, 0.3) is 0 Å². The molecule has 0 aliphatic rings. The number of carbonyl (C=O) groups excluding carboxylic acids is 1. The number of hydrogen-bond donors (Lipinski definition) is 3. The Morgan fingerprint density at radius 3 is 2.37 bits per heavy atom. The molecule has 2 amide bonds. The largest absolute Gasteiger partial charge is 0.383 e. The number of anilines is 1. The number of nitrogens with two attached hydrogens (primary N) is 2. The number of thiocarbonyl (C=S) groups is 1. The Kier molecular flexibility index (Phi) is 9.73. The average molecular weight is 552 g/mol. The van der Waals surface area contributed by atoms with Crippen LogP contribution in [0, 0.1) is 0 Å². The van der Waals surface area contributed by atoms with Gasteiger partial charge in [-0.2, -0.15) is 0 Å². The molecule has 3 aromatic carbocycles. The Balaban J connectivity index is 1.80. The zero-order valence-corrected chi connectivity index (χ0v) is 23.4. The van der Waals surface area contributed by atoms with Gasteiger partial charge in [0.2, 0.25) is 10.0 Å². The Morgan fingerprint density at radius 2 is 1.74 bits per heavy atom. The first kappa shape index (κ1) is 29.0. The van der Waals surface area contributed by atoms with Gasteiger partial charge in [-0.3, -0.25) is 0 Å². The monoisotopic (exact) mass is 551 g/mol. The second kappa shape index (κ2) is 12.8. The van der Waals surface area contributed by atoms with E-state index in [0.717, 1.165) is 17.5 Å². The van der Waals surface area contributed by atoms with Gasteiger partial charge in [0.15, 0.2) is 0 Å². The fourth-order valence-corrected chi connectivity index (χ4v) is 4.69. The van der Waals surface area contributed by atoms with E-state index < -0.39 is 10.0 Å². The smallest absolute Gasteiger partial charge is 0.322 e. The minimum absolute atomic E-state index is 0.0294. The van der Waals surface area contributed by atoms with Crippen molar-refractivity contribution in [2.45, 2.75) is 51.1 Å². The fourth-order valence-electron chi connectivity index (χ4n) is 3.83. The van der Waals surface area contributed by atoms with Crippen LogP contribution in [0.4, 0.5) is 10.5 Å². The van der Waals surface area contributed by atoms with Crippen LogP contribution in [-0.2, 0) is 16.6 Å². The molecule has 0 heterocycles. The molecule has 8 nitrogen and oxygen atoms in total. The summed E-state index contributed by atoms with van der Waals surface area (Å²) in [5, 5.41) is 8.32. The van der Waals surface area contributed by atoms with E-state index >= 15 is 0 Å². The van der Waals surface area contributed by atoms with E-state index in [0.29, 0.717) is 40.6 Å². The number of nitrogens with zero attached hydrogens (tertiary/aromatic N) is 2. The number of nitrogens with one attached hydrogen (secondary N) is 1. The summed E-state index contributed by atoms with van der Waals surface area (Å²) in [4.78, 5) is 19.9. The van der Waals surface area contributed by atoms with E-state index in [1.54, 1.807) is 47.4 Å². The first-order valence-corrected chi connectivity index (χ1v) is 14.2. The van der Waals surface area contributed by atoms with Crippen LogP contribution in [0.2, 0.25) is 0 Å². The van der Waals surface area contributed by atoms with Gasteiger partial charge in [0.1, 0.15) is 10.8 Å². The summed E-state index contributed by atoms with van der Waals surface area (Å²) in [5.41, 5.74) is 9.54. The number of amides is 2. The Morgan fingerprint density at radius 1 is 1.05 bits per heavy atom. The first-order valence-electron chi connectivity index (χ1n) is 12.3. The SMILES string of the molecule is CCC(=S)N=C(N)c1cccc(CN(C(=O)Nc2ccc(-c3ccccc3S(N)(=O)=O)cc2)C(C)CC)c1. The number of rotatable bonds is 9. The summed E-state index contributed by atoms with van der Waals surface area (Å²) in [7, 11) is -3.88. The molecule has 5 N–H and O–H groups in total. The molecular weight excluding hydrogens is 518 g/mol. The highest BCUT2D eigenvalue weighted by Gasteiger charge is 2.20. The van der Waals surface area contributed by atoms with Crippen molar-refractivity contribution in [2.24, 2.45) is 15.9 Å². The van der Waals surface area contributed by atoms with Gasteiger partial charge in [-0.05, 0) is 55.2 Å². The molecule has 1 unspecified atom stereocenters. The summed E-state index contributed by atoms with van der Waals surface area (Å²) in [6, 6.07) is 20.8. The van der Waals surface area contributed by atoms with Crippen LogP contribution in [-0.4, -0.2) is 36.2 Å². The molecule has 0 saturated carbocycles. The minimum Gasteiger partial charge on any atom is -0.383 e. The highest BCUT2D eigenvalue weighted by atomic mass is 32.2. The van der Waals surface area contributed by atoms with Crippen molar-refractivity contribution in [3.63, 3.8) is 0 Å². The van der Waals surface area contributed by atoms with Crippen LogP contribution in [0.25, 0.3) is 11.1 Å². The van der Waals surface area contributed by atoms with Crippen LogP contribution < -0.4 is 16.2 Å². The van der Waals surface area contributed by atoms with E-state index in [2.05, 4.69) is 10.3 Å². The molecule has 0 radical (unpaired) electrons. The number of aliphatic imine (C=N–C) groups is 1. The van der Waals surface area contributed by atoms with Crippen LogP contribution in [0.5, 0.6) is 0 Å². The number of sulfonamides is 1. The molecule has 10 heteroatoms. The third-order valence-electron chi connectivity index (χ3n) is 6.15. The summed E-state index contributed by atoms with van der Waals surface area (Å²) in [5.74, 6) is 0.349. The van der Waals surface area contributed by atoms with Gasteiger partial charge < -0.3 is 16.0 Å². The van der Waals surface area contributed by atoms with Gasteiger partial charge in [0, 0.05) is 29.4 Å². The van der Waals surface area contributed by atoms with E-state index in [4.69, 9.17) is 23.1 Å². The lowest BCUT2D eigenvalue weighted by Gasteiger charge is -2.29. The van der Waals surface area contributed by atoms with E-state index in [1.165, 1.54) is 6.07 Å². The van der Waals surface area contributed by atoms with Crippen molar-refractivity contribution in [3.05, 3.63) is 83.9 Å². The number of carbonyl (C=O) groups is 1. The number of hydrogen-bond acceptors (Lipinski definition) is 4. The molecule has 0 bridgehead atoms. The number of urea groups is 1. The Labute approximate surface area is 229 Å². The molecular formula is C28H33N5O3S2. The number of amidine groups is 1. The summed E-state index contributed by atoms with van der Waals surface area (Å²) >= 11 is 5.18.